The molecule has 0 aromatic heterocycles. The van der Waals surface area contributed by atoms with Crippen molar-refractivity contribution < 1.29 is 27.8 Å². The number of hydrogen-bond acceptors (Lipinski definition) is 3. The first-order valence-corrected chi connectivity index (χ1v) is 4.74. The number of aliphatic hydroxyl groups is 1. The van der Waals surface area contributed by atoms with E-state index in [0.717, 1.165) is 0 Å². The fraction of sp³-hybridized carbons (Fsp3) is 0.400. The molecule has 0 radical (unpaired) electrons. The Morgan fingerprint density at radius 1 is 1.28 bits per heavy atom. The highest BCUT2D eigenvalue weighted by Crippen LogP contribution is 2.40. The maximum Gasteiger partial charge on any atom is 0.416 e. The number of phenolic OH excluding ortho intramolecular Hbond substituents is 1. The second kappa shape index (κ2) is 6.21. The topological polar surface area (TPSA) is 66.5 Å². The molecule has 0 saturated heterocycles. The third-order valence-corrected chi connectivity index (χ3v) is 2.28. The van der Waals surface area contributed by atoms with Gasteiger partial charge in [0.05, 0.1) is 5.56 Å². The van der Waals surface area contributed by atoms with Crippen LogP contribution in [-0.4, -0.2) is 16.8 Å². The Morgan fingerprint density at radius 2 is 1.83 bits per heavy atom. The summed E-state index contributed by atoms with van der Waals surface area (Å²) in [5, 5.41) is 17.9. The summed E-state index contributed by atoms with van der Waals surface area (Å²) < 4.78 is 50.8. The monoisotopic (exact) mass is 289 g/mol. The standard InChI is InChI=1S/C10H11F4NO2.ClH/c11-6-2-1-5(10(12,13)14)8(9(6)17)7(15)3-4-16;/h1-2,7,16-17H,3-4,15H2;1H/t7-;/m0./s1. The Bertz CT molecular complexity index is 412. The fourth-order valence-corrected chi connectivity index (χ4v) is 1.49. The molecule has 1 aromatic rings. The van der Waals surface area contributed by atoms with Gasteiger partial charge in [-0.15, -0.1) is 12.4 Å². The number of alkyl halides is 3. The van der Waals surface area contributed by atoms with Gasteiger partial charge in [-0.1, -0.05) is 0 Å². The summed E-state index contributed by atoms with van der Waals surface area (Å²) in [4.78, 5) is 0. The van der Waals surface area contributed by atoms with Crippen LogP contribution in [-0.2, 0) is 6.18 Å². The second-order valence-electron chi connectivity index (χ2n) is 3.47. The van der Waals surface area contributed by atoms with Crippen LogP contribution in [0.2, 0.25) is 0 Å². The van der Waals surface area contributed by atoms with Crippen molar-refractivity contribution >= 4 is 12.4 Å². The van der Waals surface area contributed by atoms with Gasteiger partial charge in [-0.3, -0.25) is 0 Å². The van der Waals surface area contributed by atoms with E-state index in [1.165, 1.54) is 0 Å². The smallest absolute Gasteiger partial charge is 0.416 e. The lowest BCUT2D eigenvalue weighted by Crippen LogP contribution is -2.19. The van der Waals surface area contributed by atoms with Crippen LogP contribution in [0.4, 0.5) is 17.6 Å². The van der Waals surface area contributed by atoms with Crippen LogP contribution in [0.5, 0.6) is 5.75 Å². The molecular weight excluding hydrogens is 278 g/mol. The minimum absolute atomic E-state index is 0. The molecule has 0 bridgehead atoms. The van der Waals surface area contributed by atoms with Crippen LogP contribution in [0.1, 0.15) is 23.6 Å². The lowest BCUT2D eigenvalue weighted by molar-refractivity contribution is -0.138. The zero-order valence-electron chi connectivity index (χ0n) is 9.04. The quantitative estimate of drug-likeness (QED) is 0.748. The summed E-state index contributed by atoms with van der Waals surface area (Å²) in [5.41, 5.74) is 3.46. The van der Waals surface area contributed by atoms with E-state index in [0.29, 0.717) is 12.1 Å². The minimum atomic E-state index is -4.74. The average Bonchev–Trinajstić information content (AvgIpc) is 2.20. The molecule has 0 amide bonds. The molecule has 0 fully saturated rings. The molecule has 0 aliphatic carbocycles. The van der Waals surface area contributed by atoms with Gasteiger partial charge in [0, 0.05) is 18.2 Å². The van der Waals surface area contributed by atoms with E-state index in [9.17, 15) is 22.7 Å². The van der Waals surface area contributed by atoms with E-state index in [4.69, 9.17) is 10.8 Å². The van der Waals surface area contributed by atoms with Crippen LogP contribution in [0, 0.1) is 5.82 Å². The maximum absolute atomic E-state index is 13.0. The van der Waals surface area contributed by atoms with E-state index in [1.54, 1.807) is 0 Å². The Morgan fingerprint density at radius 3 is 2.28 bits per heavy atom. The molecule has 0 unspecified atom stereocenters. The highest BCUT2D eigenvalue weighted by Gasteiger charge is 2.36. The van der Waals surface area contributed by atoms with Gasteiger partial charge in [0.15, 0.2) is 11.6 Å². The largest absolute Gasteiger partial charge is 0.505 e. The number of phenols is 1. The van der Waals surface area contributed by atoms with Crippen molar-refractivity contribution in [1.82, 2.24) is 0 Å². The minimum Gasteiger partial charge on any atom is -0.505 e. The highest BCUT2D eigenvalue weighted by molar-refractivity contribution is 5.85. The van der Waals surface area contributed by atoms with Crippen molar-refractivity contribution in [3.63, 3.8) is 0 Å². The Hall–Kier alpha value is -1.05. The molecule has 3 nitrogen and oxygen atoms in total. The molecule has 0 aliphatic heterocycles. The third kappa shape index (κ3) is 3.47. The molecule has 1 aromatic carbocycles. The number of aliphatic hydroxyl groups excluding tert-OH is 1. The van der Waals surface area contributed by atoms with Gasteiger partial charge in [-0.05, 0) is 18.6 Å². The Kier molecular flexibility index (Phi) is 5.85. The molecule has 1 rings (SSSR count). The molecule has 8 heteroatoms. The molecule has 18 heavy (non-hydrogen) atoms. The van der Waals surface area contributed by atoms with Crippen molar-refractivity contribution in [3.05, 3.63) is 29.1 Å². The lowest BCUT2D eigenvalue weighted by atomic mass is 9.97. The van der Waals surface area contributed by atoms with Crippen molar-refractivity contribution in [1.29, 1.82) is 0 Å². The van der Waals surface area contributed by atoms with Crippen molar-refractivity contribution in [2.75, 3.05) is 6.61 Å². The van der Waals surface area contributed by atoms with Crippen LogP contribution < -0.4 is 5.73 Å². The molecule has 0 spiro atoms. The summed E-state index contributed by atoms with van der Waals surface area (Å²) in [7, 11) is 0. The van der Waals surface area contributed by atoms with Crippen LogP contribution in [0.15, 0.2) is 12.1 Å². The summed E-state index contributed by atoms with van der Waals surface area (Å²) in [6.45, 7) is -0.464. The van der Waals surface area contributed by atoms with Crippen molar-refractivity contribution in [2.24, 2.45) is 5.73 Å². The SMILES string of the molecule is Cl.N[C@@H](CCO)c1c(C(F)(F)F)ccc(F)c1O. The van der Waals surface area contributed by atoms with Crippen LogP contribution in [0.3, 0.4) is 0 Å². The zero-order chi connectivity index (χ0) is 13.2. The first-order valence-electron chi connectivity index (χ1n) is 4.74. The van der Waals surface area contributed by atoms with Gasteiger partial charge in [-0.2, -0.15) is 13.2 Å². The first-order chi connectivity index (χ1) is 7.79. The molecule has 0 aliphatic rings. The van der Waals surface area contributed by atoms with Gasteiger partial charge in [0.2, 0.25) is 0 Å². The number of halogens is 5. The molecular formula is C10H12ClF4NO2. The fourth-order valence-electron chi connectivity index (χ4n) is 1.49. The third-order valence-electron chi connectivity index (χ3n) is 2.28. The van der Waals surface area contributed by atoms with E-state index in [-0.39, 0.29) is 18.8 Å². The number of aromatic hydroxyl groups is 1. The Balaban J connectivity index is 0.00000289. The molecule has 1 atom stereocenters. The van der Waals surface area contributed by atoms with Crippen LogP contribution in [0.25, 0.3) is 0 Å². The van der Waals surface area contributed by atoms with E-state index in [1.807, 2.05) is 0 Å². The second-order valence-corrected chi connectivity index (χ2v) is 3.47. The first kappa shape index (κ1) is 16.9. The predicted molar refractivity (Wildman–Crippen MR) is 58.9 cm³/mol. The van der Waals surface area contributed by atoms with Gasteiger partial charge in [0.1, 0.15) is 0 Å². The van der Waals surface area contributed by atoms with Gasteiger partial charge >= 0.3 is 6.18 Å². The molecule has 0 heterocycles. The zero-order valence-corrected chi connectivity index (χ0v) is 9.85. The summed E-state index contributed by atoms with van der Waals surface area (Å²) in [5.74, 6) is -2.30. The summed E-state index contributed by atoms with van der Waals surface area (Å²) >= 11 is 0. The molecule has 0 saturated carbocycles. The van der Waals surface area contributed by atoms with Gasteiger partial charge < -0.3 is 15.9 Å². The normalized spacial score (nSPS) is 13.0. The van der Waals surface area contributed by atoms with Gasteiger partial charge in [-0.25, -0.2) is 4.39 Å². The van der Waals surface area contributed by atoms with Crippen LogP contribution >= 0.6 is 12.4 Å². The highest BCUT2D eigenvalue weighted by atomic mass is 35.5. The van der Waals surface area contributed by atoms with Gasteiger partial charge in [0.25, 0.3) is 0 Å². The molecule has 4 N–H and O–H groups in total. The van der Waals surface area contributed by atoms with E-state index >= 15 is 0 Å². The summed E-state index contributed by atoms with van der Waals surface area (Å²) in [6, 6.07) is -0.248. The van der Waals surface area contributed by atoms with Crippen molar-refractivity contribution in [3.8, 4) is 5.75 Å². The summed E-state index contributed by atoms with van der Waals surface area (Å²) in [6.07, 6.45) is -4.95. The van der Waals surface area contributed by atoms with E-state index < -0.39 is 41.5 Å². The number of hydrogen-bond donors (Lipinski definition) is 3. The number of rotatable bonds is 3. The maximum atomic E-state index is 13.0. The number of benzene rings is 1. The van der Waals surface area contributed by atoms with Crippen molar-refractivity contribution in [2.45, 2.75) is 18.6 Å². The predicted octanol–water partition coefficient (Wildman–Crippen LogP) is 2.35. The average molecular weight is 290 g/mol. The number of nitrogens with two attached hydrogens (primary N) is 1. The van der Waals surface area contributed by atoms with E-state index in [2.05, 4.69) is 0 Å². The Labute approximate surface area is 107 Å². The molecule has 104 valence electrons. The lowest BCUT2D eigenvalue weighted by Gasteiger charge is -2.19.